The topological polar surface area (TPSA) is 68.5 Å². The molecule has 2 aromatic rings. The molecule has 6 nitrogen and oxygen atoms in total. The first kappa shape index (κ1) is 16.9. The number of carbonyl (C=O) groups is 1. The molecule has 2 aliphatic carbocycles. The van der Waals surface area contributed by atoms with Gasteiger partial charge in [-0.2, -0.15) is 4.98 Å². The monoisotopic (exact) mass is 367 g/mol. The van der Waals surface area contributed by atoms with Crippen LogP contribution in [-0.2, 0) is 11.3 Å². The van der Waals surface area contributed by atoms with E-state index in [9.17, 15) is 4.79 Å². The smallest absolute Gasteiger partial charge is 0.337 e. The Labute approximate surface area is 158 Å². The molecule has 0 spiro atoms. The van der Waals surface area contributed by atoms with Crippen LogP contribution in [0.3, 0.4) is 0 Å². The molecule has 6 heteroatoms. The average molecular weight is 367 g/mol. The Hall–Kier alpha value is -2.21. The lowest BCUT2D eigenvalue weighted by atomic mass is 9.68. The molecule has 0 amide bonds. The third-order valence-corrected chi connectivity index (χ3v) is 6.59. The van der Waals surface area contributed by atoms with Gasteiger partial charge in [-0.1, -0.05) is 17.3 Å². The van der Waals surface area contributed by atoms with Crippen molar-refractivity contribution < 1.29 is 14.1 Å². The maximum Gasteiger partial charge on any atom is 0.337 e. The Morgan fingerprint density at radius 1 is 1.11 bits per heavy atom. The average Bonchev–Trinajstić information content (AvgIpc) is 3.06. The molecular weight excluding hydrogens is 342 g/mol. The minimum atomic E-state index is -0.347. The highest BCUT2D eigenvalue weighted by atomic mass is 16.5. The molecule has 142 valence electrons. The number of methoxy groups -OCH3 is 1. The molecule has 4 fully saturated rings. The van der Waals surface area contributed by atoms with Crippen LogP contribution in [0.5, 0.6) is 0 Å². The SMILES string of the molecule is COC(=O)c1ccc(-c2noc(CN3CC4C[C@@H]5CC3C[C@H](C4)C5)n2)cc1. The first-order chi connectivity index (χ1) is 13.2. The Kier molecular flexibility index (Phi) is 4.23. The number of rotatable bonds is 4. The number of aromatic nitrogens is 2. The largest absolute Gasteiger partial charge is 0.465 e. The highest BCUT2D eigenvalue weighted by Crippen LogP contribution is 2.47. The Morgan fingerprint density at radius 2 is 1.81 bits per heavy atom. The zero-order valence-corrected chi connectivity index (χ0v) is 15.6. The summed E-state index contributed by atoms with van der Waals surface area (Å²) < 4.78 is 10.3. The third-order valence-electron chi connectivity index (χ3n) is 6.59. The van der Waals surface area contributed by atoms with Gasteiger partial charge >= 0.3 is 5.97 Å². The zero-order valence-electron chi connectivity index (χ0n) is 15.6. The van der Waals surface area contributed by atoms with E-state index in [4.69, 9.17) is 9.26 Å². The predicted octanol–water partition coefficient (Wildman–Crippen LogP) is 3.53. The summed E-state index contributed by atoms with van der Waals surface area (Å²) in [5.74, 6) is 3.62. The number of hydrogen-bond acceptors (Lipinski definition) is 6. The van der Waals surface area contributed by atoms with E-state index in [1.807, 2.05) is 12.1 Å². The van der Waals surface area contributed by atoms with Gasteiger partial charge in [-0.15, -0.1) is 0 Å². The van der Waals surface area contributed by atoms with Crippen LogP contribution in [0.1, 0.15) is 48.4 Å². The van der Waals surface area contributed by atoms with Crippen LogP contribution < -0.4 is 0 Å². The molecule has 0 radical (unpaired) electrons. The van der Waals surface area contributed by atoms with Crippen molar-refractivity contribution in [2.75, 3.05) is 13.7 Å². The minimum absolute atomic E-state index is 0.347. The third kappa shape index (κ3) is 3.27. The van der Waals surface area contributed by atoms with Crippen molar-refractivity contribution in [1.82, 2.24) is 15.0 Å². The van der Waals surface area contributed by atoms with E-state index in [1.54, 1.807) is 12.1 Å². The molecular formula is C21H25N3O3. The van der Waals surface area contributed by atoms with Gasteiger partial charge in [0.2, 0.25) is 11.7 Å². The van der Waals surface area contributed by atoms with Gasteiger partial charge < -0.3 is 9.26 Å². The van der Waals surface area contributed by atoms with Crippen molar-refractivity contribution >= 4 is 5.97 Å². The molecule has 1 aromatic heterocycles. The molecule has 2 saturated carbocycles. The van der Waals surface area contributed by atoms with Gasteiger partial charge in [-0.05, 0) is 62.0 Å². The minimum Gasteiger partial charge on any atom is -0.465 e. The highest BCUT2D eigenvalue weighted by molar-refractivity contribution is 5.89. The second-order valence-electron chi connectivity index (χ2n) is 8.44. The van der Waals surface area contributed by atoms with Gasteiger partial charge in [0.05, 0.1) is 19.2 Å². The summed E-state index contributed by atoms with van der Waals surface area (Å²) in [6.45, 7) is 1.91. The molecule has 4 bridgehead atoms. The second-order valence-corrected chi connectivity index (χ2v) is 8.44. The highest BCUT2D eigenvalue weighted by Gasteiger charge is 2.42. The van der Waals surface area contributed by atoms with E-state index in [2.05, 4.69) is 15.0 Å². The molecule has 4 atom stereocenters. The summed E-state index contributed by atoms with van der Waals surface area (Å²) in [6.07, 6.45) is 6.94. The van der Waals surface area contributed by atoms with E-state index in [-0.39, 0.29) is 5.97 Å². The fraction of sp³-hybridized carbons (Fsp3) is 0.571. The molecule has 6 rings (SSSR count). The summed E-state index contributed by atoms with van der Waals surface area (Å²) in [5.41, 5.74) is 1.36. The number of benzene rings is 1. The van der Waals surface area contributed by atoms with Gasteiger partial charge in [0.1, 0.15) is 0 Å². The lowest BCUT2D eigenvalue weighted by Crippen LogP contribution is -2.37. The van der Waals surface area contributed by atoms with Crippen LogP contribution in [0, 0.1) is 17.8 Å². The molecule has 2 unspecified atom stereocenters. The Bertz CT molecular complexity index is 817. The Morgan fingerprint density at radius 3 is 2.52 bits per heavy atom. The predicted molar refractivity (Wildman–Crippen MR) is 98.8 cm³/mol. The number of carbonyl (C=O) groups excluding carboxylic acids is 1. The quantitative estimate of drug-likeness (QED) is 0.770. The van der Waals surface area contributed by atoms with E-state index >= 15 is 0 Å². The summed E-state index contributed by atoms with van der Waals surface area (Å²) in [7, 11) is 1.38. The fourth-order valence-corrected chi connectivity index (χ4v) is 5.56. The van der Waals surface area contributed by atoms with Crippen molar-refractivity contribution in [2.24, 2.45) is 17.8 Å². The van der Waals surface area contributed by atoms with Gasteiger partial charge in [0.15, 0.2) is 0 Å². The number of hydrogen-bond donors (Lipinski definition) is 0. The molecule has 3 heterocycles. The molecule has 4 aliphatic rings. The maximum atomic E-state index is 11.6. The zero-order chi connectivity index (χ0) is 18.4. The maximum absolute atomic E-state index is 11.6. The van der Waals surface area contributed by atoms with Crippen LogP contribution in [0.15, 0.2) is 28.8 Å². The summed E-state index contributed by atoms with van der Waals surface area (Å²) >= 11 is 0. The van der Waals surface area contributed by atoms with Crippen molar-refractivity contribution in [3.8, 4) is 11.4 Å². The first-order valence-electron chi connectivity index (χ1n) is 9.93. The van der Waals surface area contributed by atoms with Crippen LogP contribution >= 0.6 is 0 Å². The van der Waals surface area contributed by atoms with Crippen LogP contribution in [-0.4, -0.2) is 40.7 Å². The van der Waals surface area contributed by atoms with Crippen LogP contribution in [0.25, 0.3) is 11.4 Å². The first-order valence-corrected chi connectivity index (χ1v) is 9.93. The number of esters is 1. The second kappa shape index (κ2) is 6.75. The number of nitrogens with zero attached hydrogens (tertiary/aromatic N) is 3. The van der Waals surface area contributed by atoms with Crippen LogP contribution in [0.2, 0.25) is 0 Å². The van der Waals surface area contributed by atoms with Crippen molar-refractivity contribution in [3.05, 3.63) is 35.7 Å². The summed E-state index contributed by atoms with van der Waals surface area (Å²) in [5, 5.41) is 4.15. The van der Waals surface area contributed by atoms with Crippen molar-refractivity contribution in [1.29, 1.82) is 0 Å². The summed E-state index contributed by atoms with van der Waals surface area (Å²) in [6, 6.07) is 7.78. The lowest BCUT2D eigenvalue weighted by molar-refractivity contribution is 0.0600. The molecule has 0 N–H and O–H groups in total. The van der Waals surface area contributed by atoms with Crippen molar-refractivity contribution in [2.45, 2.75) is 44.7 Å². The van der Waals surface area contributed by atoms with Gasteiger partial charge in [0.25, 0.3) is 0 Å². The fourth-order valence-electron chi connectivity index (χ4n) is 5.56. The van der Waals surface area contributed by atoms with Gasteiger partial charge in [0, 0.05) is 18.2 Å². The van der Waals surface area contributed by atoms with Crippen LogP contribution in [0.4, 0.5) is 0 Å². The molecule has 1 aromatic carbocycles. The molecule has 2 saturated heterocycles. The van der Waals surface area contributed by atoms with E-state index in [1.165, 1.54) is 45.8 Å². The Balaban J connectivity index is 1.30. The number of fused-ring (bicyclic) bond motifs is 1. The number of ether oxygens (including phenoxy) is 1. The van der Waals surface area contributed by atoms with E-state index in [0.29, 0.717) is 23.3 Å². The normalized spacial score (nSPS) is 29.7. The summed E-state index contributed by atoms with van der Waals surface area (Å²) in [4.78, 5) is 18.7. The van der Waals surface area contributed by atoms with E-state index < -0.39 is 0 Å². The lowest BCUT2D eigenvalue weighted by Gasteiger charge is -2.38. The van der Waals surface area contributed by atoms with Gasteiger partial charge in [-0.25, -0.2) is 4.79 Å². The van der Waals surface area contributed by atoms with Crippen molar-refractivity contribution in [3.63, 3.8) is 0 Å². The molecule has 27 heavy (non-hydrogen) atoms. The standard InChI is InChI=1S/C21H25N3O3/c1-26-21(25)17-4-2-16(3-5-17)20-22-19(27-23-20)12-24-11-15-7-13-6-14(8-15)10-18(24)9-13/h2-5,13-15,18H,6-12H2,1H3/t13-,14+,15?,18?. The van der Waals surface area contributed by atoms with E-state index in [0.717, 1.165) is 29.9 Å². The van der Waals surface area contributed by atoms with Gasteiger partial charge in [-0.3, -0.25) is 4.90 Å². The molecule has 2 aliphatic heterocycles.